The van der Waals surface area contributed by atoms with Gasteiger partial charge in [-0.15, -0.1) is 0 Å². The molecular weight excluding hydrogens is 462 g/mol. The summed E-state index contributed by atoms with van der Waals surface area (Å²) in [6, 6.07) is 15.5. The molecule has 0 saturated heterocycles. The second kappa shape index (κ2) is 9.80. The Hall–Kier alpha value is -3.46. The number of ether oxygens (including phenoxy) is 1. The summed E-state index contributed by atoms with van der Waals surface area (Å²) in [5, 5.41) is 0. The zero-order valence-electron chi connectivity index (χ0n) is 18.5. The summed E-state index contributed by atoms with van der Waals surface area (Å²) in [6.07, 6.45) is 0.357. The Bertz CT molecular complexity index is 1280. The molecule has 1 amide bonds. The third-order valence-corrected chi connectivity index (χ3v) is 7.01. The van der Waals surface area contributed by atoms with Crippen LogP contribution in [0.15, 0.2) is 71.6 Å². The van der Waals surface area contributed by atoms with E-state index in [1.54, 1.807) is 35.2 Å². The Kier molecular flexibility index (Phi) is 6.83. The second-order valence-corrected chi connectivity index (χ2v) is 9.72. The lowest BCUT2D eigenvalue weighted by Gasteiger charge is -2.23. The fourth-order valence-corrected chi connectivity index (χ4v) is 4.81. The van der Waals surface area contributed by atoms with Gasteiger partial charge in [0, 0.05) is 24.3 Å². The van der Waals surface area contributed by atoms with Gasteiger partial charge in [-0.3, -0.25) is 9.52 Å². The molecular formula is C25H24F2N2O4S. The molecule has 6 nitrogen and oxygen atoms in total. The third-order valence-electron chi connectivity index (χ3n) is 5.61. The zero-order valence-corrected chi connectivity index (χ0v) is 19.3. The number of halogens is 2. The van der Waals surface area contributed by atoms with Crippen LogP contribution in [0.2, 0.25) is 0 Å². The quantitative estimate of drug-likeness (QED) is 0.533. The number of carbonyl (C=O) groups excluding carboxylic acids is 1. The summed E-state index contributed by atoms with van der Waals surface area (Å²) in [4.78, 5) is 14.6. The number of sulfonamides is 1. The molecule has 0 saturated carbocycles. The van der Waals surface area contributed by atoms with Crippen LogP contribution in [0.5, 0.6) is 5.75 Å². The number of hydrogen-bond acceptors (Lipinski definition) is 4. The van der Waals surface area contributed by atoms with Crippen molar-refractivity contribution in [2.45, 2.75) is 37.3 Å². The average molecular weight is 487 g/mol. The van der Waals surface area contributed by atoms with Gasteiger partial charge in [-0.2, -0.15) is 0 Å². The molecule has 1 unspecified atom stereocenters. The van der Waals surface area contributed by atoms with Gasteiger partial charge in [0.1, 0.15) is 17.4 Å². The molecule has 4 rings (SSSR count). The monoisotopic (exact) mass is 486 g/mol. The van der Waals surface area contributed by atoms with Crippen LogP contribution in [0.25, 0.3) is 0 Å². The molecule has 3 aromatic carbocycles. The van der Waals surface area contributed by atoms with Gasteiger partial charge < -0.3 is 9.64 Å². The minimum Gasteiger partial charge on any atom is -0.480 e. The van der Waals surface area contributed by atoms with E-state index < -0.39 is 21.9 Å². The number of hydrogen-bond donors (Lipinski definition) is 1. The summed E-state index contributed by atoms with van der Waals surface area (Å²) in [6.45, 7) is 2.49. The van der Waals surface area contributed by atoms with E-state index >= 15 is 0 Å². The van der Waals surface area contributed by atoms with Crippen molar-refractivity contribution in [2.24, 2.45) is 0 Å². The third kappa shape index (κ3) is 5.36. The second-order valence-electron chi connectivity index (χ2n) is 8.03. The largest absolute Gasteiger partial charge is 0.480 e. The Labute approximate surface area is 197 Å². The average Bonchev–Trinajstić information content (AvgIpc) is 2.94. The van der Waals surface area contributed by atoms with Crippen molar-refractivity contribution >= 4 is 21.6 Å². The number of fused-ring (bicyclic) bond motifs is 1. The molecule has 178 valence electrons. The van der Waals surface area contributed by atoms with Crippen molar-refractivity contribution in [1.82, 2.24) is 4.90 Å². The maximum atomic E-state index is 13.2. The Morgan fingerprint density at radius 3 is 2.29 bits per heavy atom. The summed E-state index contributed by atoms with van der Waals surface area (Å²) >= 11 is 0. The zero-order chi connectivity index (χ0) is 24.3. The Morgan fingerprint density at radius 1 is 1.00 bits per heavy atom. The van der Waals surface area contributed by atoms with Gasteiger partial charge in [0.25, 0.3) is 15.9 Å². The minimum absolute atomic E-state index is 0.0674. The lowest BCUT2D eigenvalue weighted by Crippen LogP contribution is -2.40. The maximum absolute atomic E-state index is 13.2. The fourth-order valence-electron chi connectivity index (χ4n) is 3.76. The van der Waals surface area contributed by atoms with Gasteiger partial charge >= 0.3 is 0 Å². The van der Waals surface area contributed by atoms with E-state index in [2.05, 4.69) is 4.72 Å². The van der Waals surface area contributed by atoms with Crippen molar-refractivity contribution in [3.63, 3.8) is 0 Å². The predicted molar refractivity (Wildman–Crippen MR) is 124 cm³/mol. The van der Waals surface area contributed by atoms with E-state index in [1.165, 1.54) is 24.3 Å². The highest BCUT2D eigenvalue weighted by Crippen LogP contribution is 2.30. The fraction of sp³-hybridized carbons (Fsp3) is 0.240. The smallest absolute Gasteiger partial charge is 0.263 e. The van der Waals surface area contributed by atoms with Crippen molar-refractivity contribution < 1.29 is 26.7 Å². The number of carbonyl (C=O) groups is 1. The number of amides is 1. The lowest BCUT2D eigenvalue weighted by atomic mass is 10.1. The first kappa shape index (κ1) is 23.7. The SMILES string of the molecule is CCC1Oc2ccc(NS(=O)(=O)c3ccc(F)cc3)cc2CN(CCc2ccc(F)cc2)C1=O. The van der Waals surface area contributed by atoms with E-state index in [-0.39, 0.29) is 23.2 Å². The van der Waals surface area contributed by atoms with E-state index in [0.717, 1.165) is 17.7 Å². The summed E-state index contributed by atoms with van der Waals surface area (Å²) in [7, 11) is -3.92. The molecule has 0 bridgehead atoms. The molecule has 1 atom stereocenters. The summed E-state index contributed by atoms with van der Waals surface area (Å²) < 4.78 is 60.2. The van der Waals surface area contributed by atoms with Crippen molar-refractivity contribution in [3.05, 3.63) is 89.5 Å². The van der Waals surface area contributed by atoms with Gasteiger partial charge in [0.05, 0.1) is 4.90 Å². The topological polar surface area (TPSA) is 75.7 Å². The number of nitrogens with zero attached hydrogens (tertiary/aromatic N) is 1. The van der Waals surface area contributed by atoms with Crippen LogP contribution in [0, 0.1) is 11.6 Å². The molecule has 34 heavy (non-hydrogen) atoms. The molecule has 0 aromatic heterocycles. The highest BCUT2D eigenvalue weighted by atomic mass is 32.2. The molecule has 0 spiro atoms. The highest BCUT2D eigenvalue weighted by molar-refractivity contribution is 7.92. The predicted octanol–water partition coefficient (Wildman–Crippen LogP) is 4.51. The van der Waals surface area contributed by atoms with E-state index in [1.807, 2.05) is 6.92 Å². The van der Waals surface area contributed by atoms with Crippen molar-refractivity contribution in [1.29, 1.82) is 0 Å². The van der Waals surface area contributed by atoms with E-state index in [9.17, 15) is 22.0 Å². The minimum atomic E-state index is -3.92. The van der Waals surface area contributed by atoms with Gasteiger partial charge in [-0.1, -0.05) is 19.1 Å². The van der Waals surface area contributed by atoms with Crippen LogP contribution in [0.1, 0.15) is 24.5 Å². The first-order chi connectivity index (χ1) is 16.2. The van der Waals surface area contributed by atoms with Crippen LogP contribution in [0.3, 0.4) is 0 Å². The summed E-state index contributed by atoms with van der Waals surface area (Å²) in [5.74, 6) is -0.501. The van der Waals surface area contributed by atoms with Crippen LogP contribution in [-0.2, 0) is 27.8 Å². The number of rotatable bonds is 7. The van der Waals surface area contributed by atoms with Gasteiger partial charge in [0.15, 0.2) is 6.10 Å². The van der Waals surface area contributed by atoms with Crippen LogP contribution < -0.4 is 9.46 Å². The molecule has 0 aliphatic carbocycles. The van der Waals surface area contributed by atoms with Gasteiger partial charge in [-0.05, 0) is 73.0 Å². The molecule has 1 aliphatic rings. The molecule has 9 heteroatoms. The van der Waals surface area contributed by atoms with Gasteiger partial charge in [0.2, 0.25) is 0 Å². The normalized spacial score (nSPS) is 15.9. The number of anilines is 1. The van der Waals surface area contributed by atoms with E-state index in [0.29, 0.717) is 36.4 Å². The molecule has 0 radical (unpaired) electrons. The first-order valence-electron chi connectivity index (χ1n) is 10.9. The maximum Gasteiger partial charge on any atom is 0.263 e. The van der Waals surface area contributed by atoms with Crippen molar-refractivity contribution in [2.75, 3.05) is 11.3 Å². The number of nitrogens with one attached hydrogen (secondary N) is 1. The lowest BCUT2D eigenvalue weighted by molar-refractivity contribution is -0.138. The Morgan fingerprint density at radius 2 is 1.65 bits per heavy atom. The van der Waals surface area contributed by atoms with Crippen molar-refractivity contribution in [3.8, 4) is 5.75 Å². The molecule has 0 fully saturated rings. The van der Waals surface area contributed by atoms with Crippen LogP contribution in [-0.4, -0.2) is 31.9 Å². The van der Waals surface area contributed by atoms with Crippen LogP contribution >= 0.6 is 0 Å². The molecule has 1 N–H and O–H groups in total. The molecule has 1 heterocycles. The first-order valence-corrected chi connectivity index (χ1v) is 12.3. The van der Waals surface area contributed by atoms with Gasteiger partial charge in [-0.25, -0.2) is 17.2 Å². The summed E-state index contributed by atoms with van der Waals surface area (Å²) in [5.41, 5.74) is 1.85. The number of benzene rings is 3. The Balaban J connectivity index is 1.56. The molecule has 3 aromatic rings. The van der Waals surface area contributed by atoms with E-state index in [4.69, 9.17) is 4.74 Å². The highest BCUT2D eigenvalue weighted by Gasteiger charge is 2.30. The molecule has 1 aliphatic heterocycles. The van der Waals surface area contributed by atoms with Crippen LogP contribution in [0.4, 0.5) is 14.5 Å². The standard InChI is InChI=1S/C25H24F2N2O4S/c1-2-23-25(30)29(14-13-17-3-5-19(26)6-4-17)16-18-15-21(9-12-24(18)33-23)28-34(31,32)22-10-7-20(27)8-11-22/h3-12,15,23,28H,2,13-14,16H2,1H3.